The van der Waals surface area contributed by atoms with E-state index in [0.29, 0.717) is 17.7 Å². The van der Waals surface area contributed by atoms with Crippen molar-refractivity contribution >= 4 is 22.8 Å². The molecule has 0 saturated heterocycles. The van der Waals surface area contributed by atoms with Crippen LogP contribution in [0.25, 0.3) is 10.9 Å². The number of benzene rings is 1. The first-order valence-electron chi connectivity index (χ1n) is 8.64. The maximum absolute atomic E-state index is 13.1. The maximum atomic E-state index is 13.1. The van der Waals surface area contributed by atoms with E-state index >= 15 is 0 Å². The summed E-state index contributed by atoms with van der Waals surface area (Å²) >= 11 is 0. The highest BCUT2D eigenvalue weighted by atomic mass is 19.1. The summed E-state index contributed by atoms with van der Waals surface area (Å²) in [6.07, 6.45) is -0.168. The molecule has 2 aromatic rings. The van der Waals surface area contributed by atoms with Crippen molar-refractivity contribution in [2.24, 2.45) is 0 Å². The lowest BCUT2D eigenvalue weighted by atomic mass is 10.2. The highest BCUT2D eigenvalue weighted by Gasteiger charge is 2.16. The van der Waals surface area contributed by atoms with Gasteiger partial charge in [-0.25, -0.2) is 14.2 Å². The average Bonchev–Trinajstić information content (AvgIpc) is 2.59. The smallest absolute Gasteiger partial charge is 0.407 e. The van der Waals surface area contributed by atoms with Gasteiger partial charge in [-0.15, -0.1) is 0 Å². The summed E-state index contributed by atoms with van der Waals surface area (Å²) < 4.78 is 23.8. The van der Waals surface area contributed by atoms with Gasteiger partial charge in [-0.05, 0) is 51.1 Å². The van der Waals surface area contributed by atoms with Crippen LogP contribution in [0.1, 0.15) is 20.8 Å². The minimum atomic E-state index is -0.605. The van der Waals surface area contributed by atoms with E-state index in [1.807, 2.05) is 43.3 Å². The van der Waals surface area contributed by atoms with Crippen LogP contribution in [0.15, 0.2) is 42.2 Å². The lowest BCUT2D eigenvalue weighted by Gasteiger charge is -2.20. The van der Waals surface area contributed by atoms with Crippen LogP contribution in [-0.2, 0) is 4.74 Å². The molecule has 0 saturated carbocycles. The third-order valence-corrected chi connectivity index (χ3v) is 3.54. The normalized spacial score (nSPS) is 12.0. The highest BCUT2D eigenvalue weighted by molar-refractivity contribution is 5.81. The molecule has 0 aliphatic rings. The maximum Gasteiger partial charge on any atom is 0.407 e. The number of halogens is 1. The summed E-state index contributed by atoms with van der Waals surface area (Å²) in [6, 6.07) is 9.37. The van der Waals surface area contributed by atoms with E-state index in [9.17, 15) is 9.18 Å². The van der Waals surface area contributed by atoms with Crippen molar-refractivity contribution in [1.82, 2.24) is 10.3 Å². The van der Waals surface area contributed by atoms with Crippen LogP contribution in [-0.4, -0.2) is 43.9 Å². The second-order valence-electron chi connectivity index (χ2n) is 7.33. The fraction of sp³-hybridized carbons (Fsp3) is 0.400. The largest absolute Gasteiger partial charge is 0.489 e. The van der Waals surface area contributed by atoms with Gasteiger partial charge in [-0.3, -0.25) is 0 Å². The number of rotatable bonds is 6. The lowest BCUT2D eigenvalue weighted by Crippen LogP contribution is -2.34. The minimum absolute atomic E-state index is 0.00669. The van der Waals surface area contributed by atoms with E-state index in [0.717, 1.165) is 16.7 Å². The zero-order valence-corrected chi connectivity index (χ0v) is 16.4. The van der Waals surface area contributed by atoms with Gasteiger partial charge >= 0.3 is 6.09 Å². The fourth-order valence-electron chi connectivity index (χ4n) is 2.23. The zero-order chi connectivity index (χ0) is 20.0. The van der Waals surface area contributed by atoms with Crippen molar-refractivity contribution in [1.29, 1.82) is 0 Å². The van der Waals surface area contributed by atoms with E-state index in [1.54, 1.807) is 26.8 Å². The molecule has 0 fully saturated rings. The number of amides is 1. The van der Waals surface area contributed by atoms with Gasteiger partial charge in [0.05, 0.1) is 11.8 Å². The quantitative estimate of drug-likeness (QED) is 0.825. The number of alkyl carbamates (subject to hydrolysis) is 1. The SMILES string of the molecule is CN(C)c1ccc2cc(OC/C(=C/F)CNC(=O)OC(C)(C)C)ccc2n1. The van der Waals surface area contributed by atoms with Crippen LogP contribution >= 0.6 is 0 Å². The van der Waals surface area contributed by atoms with Crippen LogP contribution < -0.4 is 15.0 Å². The summed E-state index contributed by atoms with van der Waals surface area (Å²) in [5.41, 5.74) is 0.537. The average molecular weight is 375 g/mol. The number of carbonyl (C=O) groups is 1. The molecule has 1 amide bonds. The molecule has 1 heterocycles. The molecule has 6 nitrogen and oxygen atoms in total. The third-order valence-electron chi connectivity index (χ3n) is 3.54. The Labute approximate surface area is 159 Å². The molecule has 2 rings (SSSR count). The van der Waals surface area contributed by atoms with Gasteiger partial charge < -0.3 is 19.7 Å². The third kappa shape index (κ3) is 6.44. The molecule has 0 aliphatic heterocycles. The highest BCUT2D eigenvalue weighted by Crippen LogP contribution is 2.22. The molecular weight excluding hydrogens is 349 g/mol. The van der Waals surface area contributed by atoms with Crippen LogP contribution in [0.5, 0.6) is 5.75 Å². The van der Waals surface area contributed by atoms with Crippen LogP contribution in [0.4, 0.5) is 15.0 Å². The second-order valence-corrected chi connectivity index (χ2v) is 7.33. The van der Waals surface area contributed by atoms with E-state index in [2.05, 4.69) is 10.3 Å². The Balaban J connectivity index is 1.94. The first-order chi connectivity index (χ1) is 12.7. The van der Waals surface area contributed by atoms with Crippen LogP contribution in [0, 0.1) is 0 Å². The van der Waals surface area contributed by atoms with Gasteiger partial charge in [0.15, 0.2) is 0 Å². The monoisotopic (exact) mass is 375 g/mol. The number of hydrogen-bond donors (Lipinski definition) is 1. The summed E-state index contributed by atoms with van der Waals surface area (Å²) in [5.74, 6) is 1.46. The number of hydrogen-bond acceptors (Lipinski definition) is 5. The van der Waals surface area contributed by atoms with Crippen molar-refractivity contribution in [2.45, 2.75) is 26.4 Å². The molecule has 0 atom stereocenters. The Morgan fingerprint density at radius 2 is 2.00 bits per heavy atom. The number of carbonyl (C=O) groups excluding carboxylic acids is 1. The molecule has 7 heteroatoms. The van der Waals surface area contributed by atoms with Crippen molar-refractivity contribution in [3.63, 3.8) is 0 Å². The summed E-state index contributed by atoms with van der Waals surface area (Å²) in [4.78, 5) is 18.1. The molecule has 0 aliphatic carbocycles. The predicted octanol–water partition coefficient (Wildman–Crippen LogP) is 4.06. The van der Waals surface area contributed by atoms with Crippen molar-refractivity contribution in [3.05, 3.63) is 42.2 Å². The molecule has 146 valence electrons. The molecule has 1 N–H and O–H groups in total. The zero-order valence-electron chi connectivity index (χ0n) is 16.4. The van der Waals surface area contributed by atoms with Crippen molar-refractivity contribution in [3.8, 4) is 5.75 Å². The Hall–Kier alpha value is -2.83. The molecular formula is C20H26FN3O3. The first-order valence-corrected chi connectivity index (χ1v) is 8.64. The van der Waals surface area contributed by atoms with E-state index in [4.69, 9.17) is 9.47 Å². The number of pyridine rings is 1. The summed E-state index contributed by atoms with van der Waals surface area (Å²) in [6.45, 7) is 5.31. The van der Waals surface area contributed by atoms with Crippen LogP contribution in [0.2, 0.25) is 0 Å². The molecule has 0 radical (unpaired) electrons. The summed E-state index contributed by atoms with van der Waals surface area (Å²) in [7, 11) is 3.86. The molecule has 1 aromatic heterocycles. The van der Waals surface area contributed by atoms with Crippen molar-refractivity contribution < 1.29 is 18.7 Å². The number of aromatic nitrogens is 1. The number of fused-ring (bicyclic) bond motifs is 1. The topological polar surface area (TPSA) is 63.7 Å². The molecule has 0 bridgehead atoms. The molecule has 1 aromatic carbocycles. The fourth-order valence-corrected chi connectivity index (χ4v) is 2.23. The predicted molar refractivity (Wildman–Crippen MR) is 105 cm³/mol. The number of anilines is 1. The van der Waals surface area contributed by atoms with E-state index in [1.165, 1.54) is 0 Å². The lowest BCUT2D eigenvalue weighted by molar-refractivity contribution is 0.0531. The van der Waals surface area contributed by atoms with Gasteiger partial charge in [0.1, 0.15) is 23.8 Å². The van der Waals surface area contributed by atoms with Crippen LogP contribution in [0.3, 0.4) is 0 Å². The Bertz CT molecular complexity index is 829. The Kier molecular flexibility index (Phi) is 6.60. The molecule has 27 heavy (non-hydrogen) atoms. The minimum Gasteiger partial charge on any atom is -0.489 e. The number of nitrogens with one attached hydrogen (secondary N) is 1. The van der Waals surface area contributed by atoms with Gasteiger partial charge in [-0.1, -0.05) is 0 Å². The Morgan fingerprint density at radius 1 is 1.26 bits per heavy atom. The molecule has 0 unspecified atom stereocenters. The second kappa shape index (κ2) is 8.70. The van der Waals surface area contributed by atoms with Gasteiger partial charge in [-0.2, -0.15) is 0 Å². The van der Waals surface area contributed by atoms with Gasteiger partial charge in [0, 0.05) is 31.6 Å². The molecule has 0 spiro atoms. The van der Waals surface area contributed by atoms with E-state index in [-0.39, 0.29) is 13.2 Å². The summed E-state index contributed by atoms with van der Waals surface area (Å²) in [5, 5.41) is 3.44. The van der Waals surface area contributed by atoms with Gasteiger partial charge in [0.2, 0.25) is 0 Å². The number of ether oxygens (including phenoxy) is 2. The Morgan fingerprint density at radius 3 is 2.63 bits per heavy atom. The standard InChI is InChI=1S/C20H26FN3O3/c1-20(2,3)27-19(25)22-12-14(11-21)13-26-16-7-8-17-15(10-16)6-9-18(23-17)24(4)5/h6-11H,12-13H2,1-5H3,(H,22,25)/b14-11+. The van der Waals surface area contributed by atoms with Crippen molar-refractivity contribution in [2.75, 3.05) is 32.1 Å². The van der Waals surface area contributed by atoms with E-state index < -0.39 is 11.7 Å². The van der Waals surface area contributed by atoms with Gasteiger partial charge in [0.25, 0.3) is 0 Å². The number of nitrogens with zero attached hydrogens (tertiary/aromatic N) is 2. The first kappa shape index (κ1) is 20.5.